The second-order valence-electron chi connectivity index (χ2n) is 3.44. The molecular weight excluding hydrogens is 180 g/mol. The zero-order valence-electron chi connectivity index (χ0n) is 8.45. The summed E-state index contributed by atoms with van der Waals surface area (Å²) in [6.45, 7) is 10.2. The van der Waals surface area contributed by atoms with Gasteiger partial charge in [-0.2, -0.15) is 0 Å². The first kappa shape index (κ1) is 10.3. The molecule has 0 spiro atoms. The first-order valence-electron chi connectivity index (χ1n) is 4.39. The second kappa shape index (κ2) is 3.97. The SMILES string of the molecule is C=C(C)c1ccc(CCl)c(C)c1C. The molecule has 1 heteroatoms. The number of alkyl halides is 1. The van der Waals surface area contributed by atoms with Crippen molar-refractivity contribution in [1.82, 2.24) is 0 Å². The molecule has 1 aromatic carbocycles. The summed E-state index contributed by atoms with van der Waals surface area (Å²) < 4.78 is 0. The molecule has 1 rings (SSSR count). The molecule has 0 unspecified atom stereocenters. The van der Waals surface area contributed by atoms with Crippen molar-refractivity contribution in [3.63, 3.8) is 0 Å². The largest absolute Gasteiger partial charge is 0.122 e. The molecule has 0 radical (unpaired) electrons. The highest BCUT2D eigenvalue weighted by molar-refractivity contribution is 6.17. The molecule has 0 saturated carbocycles. The van der Waals surface area contributed by atoms with Crippen molar-refractivity contribution in [2.45, 2.75) is 26.7 Å². The maximum Gasteiger partial charge on any atom is 0.0476 e. The van der Waals surface area contributed by atoms with Gasteiger partial charge in [-0.05, 0) is 43.0 Å². The van der Waals surface area contributed by atoms with Gasteiger partial charge in [-0.15, -0.1) is 11.6 Å². The summed E-state index contributed by atoms with van der Waals surface area (Å²) in [4.78, 5) is 0. The van der Waals surface area contributed by atoms with Crippen LogP contribution in [0.25, 0.3) is 5.57 Å². The molecule has 0 amide bonds. The van der Waals surface area contributed by atoms with Crippen LogP contribution in [0.4, 0.5) is 0 Å². The molecule has 13 heavy (non-hydrogen) atoms. The normalized spacial score (nSPS) is 10.2. The Balaban J connectivity index is 3.31. The summed E-state index contributed by atoms with van der Waals surface area (Å²) in [6, 6.07) is 4.18. The molecule has 70 valence electrons. The lowest BCUT2D eigenvalue weighted by Crippen LogP contribution is -1.93. The molecule has 0 aliphatic heterocycles. The van der Waals surface area contributed by atoms with Crippen LogP contribution in [0.3, 0.4) is 0 Å². The van der Waals surface area contributed by atoms with Crippen LogP contribution in [0.15, 0.2) is 18.7 Å². The fourth-order valence-corrected chi connectivity index (χ4v) is 1.77. The molecule has 0 nitrogen and oxygen atoms in total. The van der Waals surface area contributed by atoms with Crippen molar-refractivity contribution in [3.05, 3.63) is 41.0 Å². The fourth-order valence-electron chi connectivity index (χ4n) is 1.48. The Labute approximate surface area is 85.2 Å². The standard InChI is InChI=1S/C12H15Cl/c1-8(2)12-6-5-11(7-13)9(3)10(12)4/h5-6H,1,7H2,2-4H3. The van der Waals surface area contributed by atoms with E-state index in [-0.39, 0.29) is 0 Å². The van der Waals surface area contributed by atoms with Crippen LogP contribution in [0.5, 0.6) is 0 Å². The Morgan fingerprint density at radius 1 is 1.31 bits per heavy atom. The minimum absolute atomic E-state index is 0.586. The maximum absolute atomic E-state index is 5.81. The summed E-state index contributed by atoms with van der Waals surface area (Å²) in [7, 11) is 0. The van der Waals surface area contributed by atoms with E-state index in [1.807, 2.05) is 6.92 Å². The quantitative estimate of drug-likeness (QED) is 0.623. The molecule has 0 aliphatic rings. The fraction of sp³-hybridized carbons (Fsp3) is 0.333. The monoisotopic (exact) mass is 194 g/mol. The lowest BCUT2D eigenvalue weighted by atomic mass is 9.95. The zero-order chi connectivity index (χ0) is 10.0. The van der Waals surface area contributed by atoms with Crippen molar-refractivity contribution in [2.75, 3.05) is 0 Å². The van der Waals surface area contributed by atoms with E-state index in [4.69, 9.17) is 11.6 Å². The minimum atomic E-state index is 0.586. The van der Waals surface area contributed by atoms with Crippen LogP contribution in [0.1, 0.15) is 29.2 Å². The van der Waals surface area contributed by atoms with Crippen LogP contribution in [0, 0.1) is 13.8 Å². The minimum Gasteiger partial charge on any atom is -0.122 e. The zero-order valence-corrected chi connectivity index (χ0v) is 9.20. The van der Waals surface area contributed by atoms with E-state index in [9.17, 15) is 0 Å². The maximum atomic E-state index is 5.81. The Kier molecular flexibility index (Phi) is 3.16. The van der Waals surface area contributed by atoms with Crippen LogP contribution in [0.2, 0.25) is 0 Å². The number of halogens is 1. The predicted octanol–water partition coefficient (Wildman–Crippen LogP) is 4.08. The summed E-state index contributed by atoms with van der Waals surface area (Å²) in [6.07, 6.45) is 0. The number of hydrogen-bond donors (Lipinski definition) is 0. The van der Waals surface area contributed by atoms with Gasteiger partial charge in [-0.3, -0.25) is 0 Å². The number of benzene rings is 1. The van der Waals surface area contributed by atoms with Gasteiger partial charge in [-0.25, -0.2) is 0 Å². The molecule has 0 N–H and O–H groups in total. The molecule has 0 aliphatic carbocycles. The first-order chi connectivity index (χ1) is 6.07. The van der Waals surface area contributed by atoms with Gasteiger partial charge in [0.15, 0.2) is 0 Å². The Morgan fingerprint density at radius 3 is 2.38 bits per heavy atom. The van der Waals surface area contributed by atoms with E-state index in [1.165, 1.54) is 22.3 Å². The summed E-state index contributed by atoms with van der Waals surface area (Å²) in [5, 5.41) is 0. The second-order valence-corrected chi connectivity index (χ2v) is 3.70. The average molecular weight is 195 g/mol. The van der Waals surface area contributed by atoms with E-state index in [0.29, 0.717) is 5.88 Å². The van der Waals surface area contributed by atoms with Gasteiger partial charge in [0.1, 0.15) is 0 Å². The lowest BCUT2D eigenvalue weighted by Gasteiger charge is -2.11. The third kappa shape index (κ3) is 1.94. The van der Waals surface area contributed by atoms with Crippen LogP contribution < -0.4 is 0 Å². The van der Waals surface area contributed by atoms with Crippen LogP contribution >= 0.6 is 11.6 Å². The topological polar surface area (TPSA) is 0 Å². The van der Waals surface area contributed by atoms with Crippen molar-refractivity contribution < 1.29 is 0 Å². The summed E-state index contributed by atoms with van der Waals surface area (Å²) in [5.74, 6) is 0.586. The van der Waals surface area contributed by atoms with E-state index >= 15 is 0 Å². The van der Waals surface area contributed by atoms with E-state index < -0.39 is 0 Å². The number of hydrogen-bond acceptors (Lipinski definition) is 0. The highest BCUT2D eigenvalue weighted by Gasteiger charge is 2.05. The van der Waals surface area contributed by atoms with Crippen molar-refractivity contribution in [1.29, 1.82) is 0 Å². The molecule has 0 saturated heterocycles. The van der Waals surface area contributed by atoms with Gasteiger partial charge >= 0.3 is 0 Å². The molecular formula is C12H15Cl. The Hall–Kier alpha value is -0.750. The van der Waals surface area contributed by atoms with Crippen LogP contribution in [-0.2, 0) is 5.88 Å². The predicted molar refractivity (Wildman–Crippen MR) is 60.2 cm³/mol. The van der Waals surface area contributed by atoms with Crippen molar-refractivity contribution >= 4 is 17.2 Å². The highest BCUT2D eigenvalue weighted by Crippen LogP contribution is 2.23. The van der Waals surface area contributed by atoms with E-state index in [0.717, 1.165) is 5.57 Å². The van der Waals surface area contributed by atoms with Gasteiger partial charge < -0.3 is 0 Å². The van der Waals surface area contributed by atoms with Crippen molar-refractivity contribution in [3.8, 4) is 0 Å². The molecule has 0 fully saturated rings. The van der Waals surface area contributed by atoms with E-state index in [1.54, 1.807) is 0 Å². The molecule has 0 bridgehead atoms. The third-order valence-corrected chi connectivity index (χ3v) is 2.79. The smallest absolute Gasteiger partial charge is 0.0476 e. The van der Waals surface area contributed by atoms with E-state index in [2.05, 4.69) is 32.6 Å². The van der Waals surface area contributed by atoms with Gasteiger partial charge in [0, 0.05) is 5.88 Å². The molecule has 0 heterocycles. The first-order valence-corrected chi connectivity index (χ1v) is 4.92. The number of rotatable bonds is 2. The van der Waals surface area contributed by atoms with Gasteiger partial charge in [0.2, 0.25) is 0 Å². The van der Waals surface area contributed by atoms with Gasteiger partial charge in [0.05, 0.1) is 0 Å². The summed E-state index contributed by atoms with van der Waals surface area (Å²) >= 11 is 5.81. The third-order valence-electron chi connectivity index (χ3n) is 2.50. The molecule has 1 aromatic rings. The van der Waals surface area contributed by atoms with Crippen molar-refractivity contribution in [2.24, 2.45) is 0 Å². The Morgan fingerprint density at radius 2 is 1.92 bits per heavy atom. The van der Waals surface area contributed by atoms with Gasteiger partial charge in [0.25, 0.3) is 0 Å². The lowest BCUT2D eigenvalue weighted by molar-refractivity contribution is 1.22. The molecule has 0 atom stereocenters. The van der Waals surface area contributed by atoms with Crippen LogP contribution in [-0.4, -0.2) is 0 Å². The van der Waals surface area contributed by atoms with Gasteiger partial charge in [-0.1, -0.05) is 24.3 Å². The number of allylic oxidation sites excluding steroid dienone is 1. The average Bonchev–Trinajstić information content (AvgIpc) is 2.09. The highest BCUT2D eigenvalue weighted by atomic mass is 35.5. The Bertz CT molecular complexity index is 337. The molecule has 0 aromatic heterocycles. The summed E-state index contributed by atoms with van der Waals surface area (Å²) in [5.41, 5.74) is 6.15.